The van der Waals surface area contributed by atoms with E-state index < -0.39 is 10.0 Å². The smallest absolute Gasteiger partial charge is 0.260 e. The second-order valence-corrected chi connectivity index (χ2v) is 7.93. The van der Waals surface area contributed by atoms with E-state index in [4.69, 9.17) is 0 Å². The maximum Gasteiger partial charge on any atom is 0.260 e. The van der Waals surface area contributed by atoms with Crippen LogP contribution in [0.15, 0.2) is 23.4 Å². The summed E-state index contributed by atoms with van der Waals surface area (Å²) in [6, 6.07) is 3.51. The lowest BCUT2D eigenvalue weighted by molar-refractivity contribution is 0.238. The molecule has 2 unspecified atom stereocenters. The van der Waals surface area contributed by atoms with Gasteiger partial charge in [-0.15, -0.1) is 0 Å². The predicted molar refractivity (Wildman–Crippen MR) is 83.4 cm³/mol. The van der Waals surface area contributed by atoms with Crippen molar-refractivity contribution in [3.8, 4) is 0 Å². The summed E-state index contributed by atoms with van der Waals surface area (Å²) < 4.78 is 26.8. The number of pyridine rings is 1. The van der Waals surface area contributed by atoms with Gasteiger partial charge in [0, 0.05) is 25.8 Å². The quantitative estimate of drug-likeness (QED) is 0.903. The topological polar surface area (TPSA) is 62.3 Å². The van der Waals surface area contributed by atoms with Crippen LogP contribution in [0.3, 0.4) is 0 Å². The van der Waals surface area contributed by atoms with Crippen LogP contribution in [0.2, 0.25) is 0 Å². The third-order valence-corrected chi connectivity index (χ3v) is 6.07. The molecule has 118 valence electrons. The van der Waals surface area contributed by atoms with Gasteiger partial charge < -0.3 is 5.32 Å². The largest absolute Gasteiger partial charge is 0.316 e. The van der Waals surface area contributed by atoms with E-state index in [-0.39, 0.29) is 11.1 Å². The lowest BCUT2D eigenvalue weighted by atomic mass is 9.87. The van der Waals surface area contributed by atoms with Gasteiger partial charge in [0.15, 0.2) is 5.03 Å². The average molecular weight is 311 g/mol. The van der Waals surface area contributed by atoms with Crippen LogP contribution in [0.25, 0.3) is 0 Å². The molecule has 2 atom stereocenters. The van der Waals surface area contributed by atoms with Crippen LogP contribution in [-0.2, 0) is 16.6 Å². The van der Waals surface area contributed by atoms with Crippen molar-refractivity contribution in [2.75, 3.05) is 14.1 Å². The van der Waals surface area contributed by atoms with E-state index >= 15 is 0 Å². The van der Waals surface area contributed by atoms with Gasteiger partial charge in [0.05, 0.1) is 0 Å². The number of nitrogens with zero attached hydrogens (tertiary/aromatic N) is 2. The van der Waals surface area contributed by atoms with Crippen LogP contribution in [0.5, 0.6) is 0 Å². The zero-order valence-electron chi connectivity index (χ0n) is 13.0. The first-order chi connectivity index (χ1) is 9.95. The fourth-order valence-corrected chi connectivity index (χ4v) is 4.25. The van der Waals surface area contributed by atoms with Crippen molar-refractivity contribution >= 4 is 10.0 Å². The Hall–Kier alpha value is -0.980. The number of aromatic nitrogens is 1. The lowest BCUT2D eigenvalue weighted by Gasteiger charge is -2.33. The molecule has 1 saturated carbocycles. The Labute approximate surface area is 127 Å². The van der Waals surface area contributed by atoms with Gasteiger partial charge in [-0.25, -0.2) is 13.4 Å². The maximum atomic E-state index is 12.7. The lowest BCUT2D eigenvalue weighted by Crippen LogP contribution is -2.40. The molecule has 1 aromatic rings. The molecule has 2 rings (SSSR count). The first-order valence-corrected chi connectivity index (χ1v) is 8.96. The van der Waals surface area contributed by atoms with E-state index in [1.54, 1.807) is 19.3 Å². The summed E-state index contributed by atoms with van der Waals surface area (Å²) in [5.74, 6) is 0.590. The van der Waals surface area contributed by atoms with Crippen molar-refractivity contribution in [3.05, 3.63) is 23.9 Å². The van der Waals surface area contributed by atoms with Crippen LogP contribution < -0.4 is 5.32 Å². The van der Waals surface area contributed by atoms with Gasteiger partial charge in [-0.05, 0) is 37.4 Å². The SMILES string of the molecule is CNCc1ccc(S(=O)(=O)N(C)C2CCCC(C)C2)nc1. The van der Waals surface area contributed by atoms with E-state index in [9.17, 15) is 8.42 Å². The third kappa shape index (κ3) is 3.81. The normalized spacial score (nSPS) is 23.4. The Morgan fingerprint density at radius 2 is 2.14 bits per heavy atom. The molecule has 0 bridgehead atoms. The van der Waals surface area contributed by atoms with Gasteiger partial charge in [-0.3, -0.25) is 0 Å². The highest BCUT2D eigenvalue weighted by Gasteiger charge is 2.31. The fourth-order valence-electron chi connectivity index (χ4n) is 2.95. The van der Waals surface area contributed by atoms with E-state index in [2.05, 4.69) is 17.2 Å². The summed E-state index contributed by atoms with van der Waals surface area (Å²) in [5, 5.41) is 3.16. The number of hydrogen-bond donors (Lipinski definition) is 1. The Morgan fingerprint density at radius 1 is 1.38 bits per heavy atom. The molecular weight excluding hydrogens is 286 g/mol. The summed E-state index contributed by atoms with van der Waals surface area (Å²) in [6.07, 6.45) is 5.80. The number of nitrogens with one attached hydrogen (secondary N) is 1. The van der Waals surface area contributed by atoms with Gasteiger partial charge in [-0.1, -0.05) is 25.8 Å². The van der Waals surface area contributed by atoms with Gasteiger partial charge in [0.2, 0.25) is 0 Å². The van der Waals surface area contributed by atoms with Crippen molar-refractivity contribution < 1.29 is 8.42 Å². The molecule has 0 radical (unpaired) electrons. The summed E-state index contributed by atoms with van der Waals surface area (Å²) in [5.41, 5.74) is 0.977. The number of sulfonamides is 1. The molecule has 0 spiro atoms. The molecular formula is C15H25N3O2S. The first kappa shape index (κ1) is 16.4. The molecule has 21 heavy (non-hydrogen) atoms. The zero-order chi connectivity index (χ0) is 15.5. The summed E-state index contributed by atoms with van der Waals surface area (Å²) in [7, 11) is 0.0397. The second kappa shape index (κ2) is 6.85. The second-order valence-electron chi connectivity index (χ2n) is 5.98. The van der Waals surface area contributed by atoms with Crippen LogP contribution in [-0.4, -0.2) is 37.8 Å². The average Bonchev–Trinajstić information content (AvgIpc) is 2.47. The molecule has 0 aromatic carbocycles. The van der Waals surface area contributed by atoms with Crippen LogP contribution in [0, 0.1) is 5.92 Å². The maximum absolute atomic E-state index is 12.7. The summed E-state index contributed by atoms with van der Waals surface area (Å²) >= 11 is 0. The Bertz CT molecular complexity index is 557. The molecule has 6 heteroatoms. The molecule has 0 aliphatic heterocycles. The van der Waals surface area contributed by atoms with Crippen molar-refractivity contribution in [2.45, 2.75) is 50.2 Å². The first-order valence-electron chi connectivity index (χ1n) is 7.52. The van der Waals surface area contributed by atoms with Crippen molar-refractivity contribution in [2.24, 2.45) is 5.92 Å². The van der Waals surface area contributed by atoms with Crippen LogP contribution >= 0.6 is 0 Å². The van der Waals surface area contributed by atoms with E-state index in [1.165, 1.54) is 10.7 Å². The molecule has 1 heterocycles. The fraction of sp³-hybridized carbons (Fsp3) is 0.667. The third-order valence-electron chi connectivity index (χ3n) is 4.24. The molecule has 1 aromatic heterocycles. The monoisotopic (exact) mass is 311 g/mol. The Morgan fingerprint density at radius 3 is 2.71 bits per heavy atom. The number of hydrogen-bond acceptors (Lipinski definition) is 4. The van der Waals surface area contributed by atoms with Crippen LogP contribution in [0.1, 0.15) is 38.2 Å². The van der Waals surface area contributed by atoms with E-state index in [0.29, 0.717) is 12.5 Å². The summed E-state index contributed by atoms with van der Waals surface area (Å²) in [6.45, 7) is 2.88. The Balaban J connectivity index is 2.16. The molecule has 1 aliphatic rings. The molecule has 5 nitrogen and oxygen atoms in total. The van der Waals surface area contributed by atoms with Gasteiger partial charge >= 0.3 is 0 Å². The molecule has 1 N–H and O–H groups in total. The number of rotatable bonds is 5. The summed E-state index contributed by atoms with van der Waals surface area (Å²) in [4.78, 5) is 4.13. The van der Waals surface area contributed by atoms with Gasteiger partial charge in [0.1, 0.15) is 0 Å². The minimum absolute atomic E-state index is 0.0949. The molecule has 0 saturated heterocycles. The highest BCUT2D eigenvalue weighted by molar-refractivity contribution is 7.89. The van der Waals surface area contributed by atoms with Gasteiger partial charge in [-0.2, -0.15) is 4.31 Å². The van der Waals surface area contributed by atoms with Crippen molar-refractivity contribution in [1.29, 1.82) is 0 Å². The molecule has 1 aliphatic carbocycles. The minimum Gasteiger partial charge on any atom is -0.316 e. The van der Waals surface area contributed by atoms with E-state index in [1.807, 2.05) is 13.1 Å². The molecule has 1 fully saturated rings. The highest BCUT2D eigenvalue weighted by Crippen LogP contribution is 2.29. The zero-order valence-corrected chi connectivity index (χ0v) is 13.9. The minimum atomic E-state index is -3.49. The van der Waals surface area contributed by atoms with E-state index in [0.717, 1.165) is 24.8 Å². The van der Waals surface area contributed by atoms with Crippen molar-refractivity contribution in [1.82, 2.24) is 14.6 Å². The van der Waals surface area contributed by atoms with Crippen molar-refractivity contribution in [3.63, 3.8) is 0 Å². The standard InChI is InChI=1S/C15H25N3O2S/c1-12-5-4-6-14(9-12)18(3)21(19,20)15-8-7-13(10-16-2)11-17-15/h7-8,11-12,14,16H,4-6,9-10H2,1-3H3. The Kier molecular flexibility index (Phi) is 5.35. The highest BCUT2D eigenvalue weighted by atomic mass is 32.2. The van der Waals surface area contributed by atoms with Gasteiger partial charge in [0.25, 0.3) is 10.0 Å². The predicted octanol–water partition coefficient (Wildman–Crippen LogP) is 2.00. The van der Waals surface area contributed by atoms with Crippen LogP contribution in [0.4, 0.5) is 0 Å². The molecule has 0 amide bonds.